The van der Waals surface area contributed by atoms with Crippen LogP contribution in [0.3, 0.4) is 0 Å². The summed E-state index contributed by atoms with van der Waals surface area (Å²) in [5.74, 6) is -0.786. The van der Waals surface area contributed by atoms with Crippen LogP contribution >= 0.6 is 0 Å². The molecule has 2 heteroatoms. The maximum absolute atomic E-state index is 10.2. The summed E-state index contributed by atoms with van der Waals surface area (Å²) in [7, 11) is 0. The molecular weight excluding hydrogens is 284 g/mol. The van der Waals surface area contributed by atoms with Crippen molar-refractivity contribution in [2.75, 3.05) is 0 Å². The average Bonchev–Trinajstić information content (AvgIpc) is 2.57. The van der Waals surface area contributed by atoms with E-state index in [-0.39, 0.29) is 6.42 Å². The molecule has 2 aromatic carbocycles. The Hall–Kier alpha value is -2.87. The zero-order chi connectivity index (χ0) is 17.5. The number of carboxylic acids is 1. The van der Waals surface area contributed by atoms with Gasteiger partial charge in [0.2, 0.25) is 0 Å². The van der Waals surface area contributed by atoms with Crippen molar-refractivity contribution in [2.45, 2.75) is 13.3 Å². The molecule has 0 aliphatic carbocycles. The van der Waals surface area contributed by atoms with E-state index in [4.69, 9.17) is 5.11 Å². The Kier molecular flexibility index (Phi) is 11.2. The second-order valence-corrected chi connectivity index (χ2v) is 4.72. The first-order valence-corrected chi connectivity index (χ1v) is 7.20. The van der Waals surface area contributed by atoms with E-state index in [0.717, 1.165) is 11.1 Å². The van der Waals surface area contributed by atoms with E-state index in [2.05, 4.69) is 19.7 Å². The van der Waals surface area contributed by atoms with Crippen molar-refractivity contribution in [1.29, 1.82) is 0 Å². The third kappa shape index (κ3) is 12.6. The highest BCUT2D eigenvalue weighted by Crippen LogP contribution is 1.98. The van der Waals surface area contributed by atoms with E-state index in [0.29, 0.717) is 0 Å². The number of carboxylic acid groups (broad SMARTS) is 1. The summed E-state index contributed by atoms with van der Waals surface area (Å²) >= 11 is 0. The molecule has 0 bridgehead atoms. The van der Waals surface area contributed by atoms with E-state index < -0.39 is 5.97 Å². The predicted octanol–water partition coefficient (Wildman–Crippen LogP) is 5.39. The molecule has 0 heterocycles. The summed E-state index contributed by atoms with van der Waals surface area (Å²) in [5, 5.41) is 8.37. The molecule has 0 saturated carbocycles. The lowest BCUT2D eigenvalue weighted by Gasteiger charge is -1.92. The Morgan fingerprint density at radius 3 is 1.74 bits per heavy atom. The van der Waals surface area contributed by atoms with E-state index in [1.165, 1.54) is 5.56 Å². The number of rotatable bonds is 4. The van der Waals surface area contributed by atoms with Crippen LogP contribution in [0.1, 0.15) is 18.1 Å². The van der Waals surface area contributed by atoms with E-state index >= 15 is 0 Å². The highest BCUT2D eigenvalue weighted by atomic mass is 16.4. The molecule has 0 spiro atoms. The first kappa shape index (κ1) is 20.1. The first-order valence-electron chi connectivity index (χ1n) is 7.20. The van der Waals surface area contributed by atoms with E-state index in [9.17, 15) is 4.79 Å². The molecular formula is C21H24O2. The van der Waals surface area contributed by atoms with Crippen LogP contribution in [0.25, 0.3) is 6.08 Å². The maximum atomic E-state index is 10.2. The van der Waals surface area contributed by atoms with Gasteiger partial charge in [0.1, 0.15) is 0 Å². The first-order chi connectivity index (χ1) is 11.0. The smallest absolute Gasteiger partial charge is 0.307 e. The third-order valence-electron chi connectivity index (χ3n) is 2.58. The minimum atomic E-state index is -0.786. The molecule has 0 fully saturated rings. The molecule has 2 nitrogen and oxygen atoms in total. The van der Waals surface area contributed by atoms with Gasteiger partial charge in [0, 0.05) is 0 Å². The molecule has 23 heavy (non-hydrogen) atoms. The molecule has 0 radical (unpaired) electrons. The average molecular weight is 308 g/mol. The van der Waals surface area contributed by atoms with Crippen molar-refractivity contribution in [1.82, 2.24) is 0 Å². The minimum absolute atomic E-state index is 0.112. The van der Waals surface area contributed by atoms with Crippen molar-refractivity contribution < 1.29 is 9.90 Å². The van der Waals surface area contributed by atoms with Gasteiger partial charge in [-0.05, 0) is 18.1 Å². The van der Waals surface area contributed by atoms with Crippen molar-refractivity contribution in [3.05, 3.63) is 103 Å². The number of benzene rings is 2. The molecule has 0 aromatic heterocycles. The quantitative estimate of drug-likeness (QED) is 0.769. The fraction of sp³-hybridized carbons (Fsp3) is 0.0952. The van der Waals surface area contributed by atoms with E-state index in [1.54, 1.807) is 18.2 Å². The van der Waals surface area contributed by atoms with Crippen molar-refractivity contribution >= 4 is 12.0 Å². The molecule has 0 aliphatic heterocycles. The van der Waals surface area contributed by atoms with Crippen LogP contribution in [0.15, 0.2) is 92.0 Å². The molecule has 2 rings (SSSR count). The van der Waals surface area contributed by atoms with Crippen LogP contribution in [0, 0.1) is 0 Å². The van der Waals surface area contributed by atoms with Gasteiger partial charge in [0.15, 0.2) is 0 Å². The Balaban J connectivity index is 0.000000335. The minimum Gasteiger partial charge on any atom is -0.481 e. The summed E-state index contributed by atoms with van der Waals surface area (Å²) < 4.78 is 0. The normalized spacial score (nSPS) is 8.39. The predicted molar refractivity (Wildman–Crippen MR) is 99.3 cm³/mol. The van der Waals surface area contributed by atoms with Gasteiger partial charge in [-0.2, -0.15) is 0 Å². The molecule has 2 aromatic rings. The highest BCUT2D eigenvalue weighted by Gasteiger charge is 1.96. The van der Waals surface area contributed by atoms with Crippen LogP contribution in [0.4, 0.5) is 0 Å². The van der Waals surface area contributed by atoms with Gasteiger partial charge in [0.05, 0.1) is 6.42 Å². The highest BCUT2D eigenvalue weighted by molar-refractivity contribution is 5.70. The zero-order valence-corrected chi connectivity index (χ0v) is 13.6. The fourth-order valence-electron chi connectivity index (χ4n) is 1.36. The van der Waals surface area contributed by atoms with Crippen molar-refractivity contribution in [2.24, 2.45) is 0 Å². The molecule has 120 valence electrons. The summed E-state index contributed by atoms with van der Waals surface area (Å²) in [6.45, 7) is 12.6. The monoisotopic (exact) mass is 308 g/mol. The Labute approximate surface area is 139 Å². The maximum Gasteiger partial charge on any atom is 0.307 e. The van der Waals surface area contributed by atoms with Crippen LogP contribution in [0.5, 0.6) is 0 Å². The summed E-state index contributed by atoms with van der Waals surface area (Å²) in [4.78, 5) is 10.2. The second-order valence-electron chi connectivity index (χ2n) is 4.72. The lowest BCUT2D eigenvalue weighted by molar-refractivity contribution is -0.136. The van der Waals surface area contributed by atoms with Crippen LogP contribution in [-0.2, 0) is 11.2 Å². The molecule has 1 N–H and O–H groups in total. The number of hydrogen-bond donors (Lipinski definition) is 1. The number of aliphatic carboxylic acids is 1. The van der Waals surface area contributed by atoms with Gasteiger partial charge < -0.3 is 5.11 Å². The van der Waals surface area contributed by atoms with Crippen molar-refractivity contribution in [3.8, 4) is 0 Å². The zero-order valence-electron chi connectivity index (χ0n) is 13.6. The topological polar surface area (TPSA) is 37.3 Å². The Bertz CT molecular complexity index is 598. The summed E-state index contributed by atoms with van der Waals surface area (Å²) in [5.41, 5.74) is 3.03. The van der Waals surface area contributed by atoms with Gasteiger partial charge >= 0.3 is 5.97 Å². The lowest BCUT2D eigenvalue weighted by atomic mass is 10.2. The van der Waals surface area contributed by atoms with Crippen LogP contribution in [-0.4, -0.2) is 11.1 Å². The SMILES string of the molecule is C=CC(=C)C.C=Cc1ccccc1.O=C(O)Cc1ccccc1. The summed E-state index contributed by atoms with van der Waals surface area (Å²) in [6, 6.07) is 19.2. The van der Waals surface area contributed by atoms with Crippen LogP contribution < -0.4 is 0 Å². The second kappa shape index (κ2) is 12.8. The molecule has 0 saturated heterocycles. The Morgan fingerprint density at radius 1 is 1.00 bits per heavy atom. The molecule has 0 aliphatic rings. The number of hydrogen-bond acceptors (Lipinski definition) is 1. The number of allylic oxidation sites excluding steroid dienone is 2. The van der Waals surface area contributed by atoms with Gasteiger partial charge in [0.25, 0.3) is 0 Å². The van der Waals surface area contributed by atoms with Gasteiger partial charge in [-0.25, -0.2) is 0 Å². The Morgan fingerprint density at radius 2 is 1.43 bits per heavy atom. The summed E-state index contributed by atoms with van der Waals surface area (Å²) in [6.07, 6.45) is 3.67. The largest absolute Gasteiger partial charge is 0.481 e. The molecule has 0 unspecified atom stereocenters. The third-order valence-corrected chi connectivity index (χ3v) is 2.58. The van der Waals surface area contributed by atoms with E-state index in [1.807, 2.05) is 61.5 Å². The van der Waals surface area contributed by atoms with Crippen LogP contribution in [0.2, 0.25) is 0 Å². The molecule has 0 amide bonds. The molecule has 0 atom stereocenters. The lowest BCUT2D eigenvalue weighted by Crippen LogP contribution is -1.98. The standard InChI is InChI=1S/C8H8O2.C8H8.C5H8/c9-8(10)6-7-4-2-1-3-5-7;1-2-8-6-4-3-5-7-8;1-4-5(2)3/h1-5H,6H2,(H,9,10);2-7H,1H2;4H,1-2H2,3H3. The van der Waals surface area contributed by atoms with Gasteiger partial charge in [-0.15, -0.1) is 0 Å². The van der Waals surface area contributed by atoms with Gasteiger partial charge in [-0.3, -0.25) is 4.79 Å². The number of carbonyl (C=O) groups is 1. The fourth-order valence-corrected chi connectivity index (χ4v) is 1.36. The van der Waals surface area contributed by atoms with Crippen molar-refractivity contribution in [3.63, 3.8) is 0 Å². The van der Waals surface area contributed by atoms with Gasteiger partial charge in [-0.1, -0.05) is 98.1 Å².